The van der Waals surface area contributed by atoms with Gasteiger partial charge in [0.05, 0.1) is 12.0 Å². The van der Waals surface area contributed by atoms with Crippen molar-refractivity contribution in [3.05, 3.63) is 29.1 Å². The zero-order chi connectivity index (χ0) is 29.0. The number of likely N-dealkylation sites (tertiary alicyclic amines) is 1. The molecule has 3 atom stereocenters. The Kier molecular flexibility index (Phi) is 8.82. The van der Waals surface area contributed by atoms with Crippen LogP contribution in [-0.2, 0) is 26.2 Å². The van der Waals surface area contributed by atoms with Gasteiger partial charge in [-0.15, -0.1) is 0 Å². The molecular formula is C30H40N6O5. The van der Waals surface area contributed by atoms with Crippen LogP contribution in [0.2, 0.25) is 0 Å². The van der Waals surface area contributed by atoms with Crippen molar-refractivity contribution in [1.82, 2.24) is 20.0 Å². The number of rotatable bonds is 9. The van der Waals surface area contributed by atoms with E-state index in [4.69, 9.17) is 24.7 Å². The summed E-state index contributed by atoms with van der Waals surface area (Å²) in [7, 11) is 2.12. The highest BCUT2D eigenvalue weighted by molar-refractivity contribution is 5.93. The third-order valence-electron chi connectivity index (χ3n) is 8.61. The van der Waals surface area contributed by atoms with E-state index in [-0.39, 0.29) is 30.2 Å². The molecule has 2 fully saturated rings. The van der Waals surface area contributed by atoms with Crippen LogP contribution in [0.15, 0.2) is 27.4 Å². The van der Waals surface area contributed by atoms with Crippen molar-refractivity contribution in [2.45, 2.75) is 95.6 Å². The third kappa shape index (κ3) is 5.91. The van der Waals surface area contributed by atoms with Crippen molar-refractivity contribution in [2.24, 2.45) is 10.7 Å². The summed E-state index contributed by atoms with van der Waals surface area (Å²) < 4.78 is 17.3. The molecule has 2 N–H and O–H groups in total. The molecule has 2 aliphatic carbocycles. The molecule has 1 spiro atoms. The number of ketones is 1. The molecule has 11 nitrogen and oxygen atoms in total. The van der Waals surface area contributed by atoms with Crippen molar-refractivity contribution >= 4 is 23.8 Å². The van der Waals surface area contributed by atoms with E-state index >= 15 is 0 Å². The topological polar surface area (TPSA) is 146 Å². The van der Waals surface area contributed by atoms with Crippen molar-refractivity contribution < 1.29 is 23.6 Å². The first-order valence-corrected chi connectivity index (χ1v) is 14.8. The van der Waals surface area contributed by atoms with E-state index < -0.39 is 11.4 Å². The Labute approximate surface area is 240 Å². The highest BCUT2D eigenvalue weighted by Gasteiger charge is 2.48. The fourth-order valence-corrected chi connectivity index (χ4v) is 6.50. The molecule has 0 radical (unpaired) electrons. The van der Waals surface area contributed by atoms with Gasteiger partial charge >= 0.3 is 5.97 Å². The molecule has 3 aliphatic rings. The lowest BCUT2D eigenvalue weighted by Crippen LogP contribution is -2.41. The van der Waals surface area contributed by atoms with Crippen LogP contribution >= 0.6 is 0 Å². The average Bonchev–Trinajstić information content (AvgIpc) is 3.60. The number of aromatic nitrogens is 3. The fourth-order valence-electron chi connectivity index (χ4n) is 6.50. The summed E-state index contributed by atoms with van der Waals surface area (Å²) in [4.78, 5) is 41.2. The van der Waals surface area contributed by atoms with Crippen molar-refractivity contribution in [1.29, 1.82) is 0 Å². The first-order chi connectivity index (χ1) is 19.9. The van der Waals surface area contributed by atoms with Gasteiger partial charge in [0.2, 0.25) is 17.5 Å². The van der Waals surface area contributed by atoms with Crippen LogP contribution < -0.4 is 10.5 Å². The molecule has 1 saturated heterocycles. The van der Waals surface area contributed by atoms with Crippen LogP contribution in [0, 0.1) is 0 Å². The fraction of sp³-hybridized carbons (Fsp3) is 0.600. The predicted octanol–water partition coefficient (Wildman–Crippen LogP) is 4.21. The number of hydrogen-bond acceptors (Lipinski definition) is 11. The lowest BCUT2D eigenvalue weighted by Gasteiger charge is -2.37. The Morgan fingerprint density at radius 3 is 2.80 bits per heavy atom. The quantitative estimate of drug-likeness (QED) is 0.267. The Balaban J connectivity index is 1.51. The molecule has 11 heteroatoms. The van der Waals surface area contributed by atoms with Gasteiger partial charge in [-0.2, -0.15) is 4.98 Å². The number of Topliss-reactive ketones (excluding diaryl/α,β-unsaturated/α-hetero) is 1. The van der Waals surface area contributed by atoms with E-state index in [9.17, 15) is 9.59 Å². The molecule has 220 valence electrons. The summed E-state index contributed by atoms with van der Waals surface area (Å²) in [6.07, 6.45) is 11.4. The zero-order valence-electron chi connectivity index (χ0n) is 24.2. The molecule has 3 heterocycles. The first kappa shape index (κ1) is 28.9. The maximum Gasteiger partial charge on any atom is 0.354 e. The molecule has 2 aromatic heterocycles. The summed E-state index contributed by atoms with van der Waals surface area (Å²) in [6.45, 7) is 5.08. The molecule has 1 aliphatic heterocycles. The predicted molar refractivity (Wildman–Crippen MR) is 153 cm³/mol. The van der Waals surface area contributed by atoms with Gasteiger partial charge < -0.3 is 19.7 Å². The van der Waals surface area contributed by atoms with Crippen LogP contribution in [0.5, 0.6) is 5.88 Å². The van der Waals surface area contributed by atoms with Crippen LogP contribution in [0.4, 0.5) is 5.82 Å². The van der Waals surface area contributed by atoms with Crippen molar-refractivity contribution in [2.75, 3.05) is 20.2 Å². The SMILES string of the molecule is CCOC(=O)/C(N)=C/C=N/c1cc(O[C@@H](CC)[C@@H]2CCCN2C)nc(-c2onc3c2CCC[C@@]32CCCCC2=O)n1. The number of likely N-dealkylation sites (N-methyl/N-ethyl adjacent to an activating group) is 1. The summed E-state index contributed by atoms with van der Waals surface area (Å²) in [5, 5.41) is 4.45. The Bertz CT molecular complexity index is 1340. The zero-order valence-corrected chi connectivity index (χ0v) is 24.2. The second kappa shape index (κ2) is 12.5. The number of esters is 1. The summed E-state index contributed by atoms with van der Waals surface area (Å²) in [5.41, 5.74) is 6.81. The van der Waals surface area contributed by atoms with Gasteiger partial charge in [0.15, 0.2) is 5.82 Å². The Morgan fingerprint density at radius 2 is 2.07 bits per heavy atom. The van der Waals surface area contributed by atoms with E-state index in [0.29, 0.717) is 29.7 Å². The van der Waals surface area contributed by atoms with E-state index in [1.54, 1.807) is 13.0 Å². The van der Waals surface area contributed by atoms with Gasteiger partial charge in [-0.05, 0) is 78.0 Å². The number of carbonyl (C=O) groups is 2. The second-order valence-corrected chi connectivity index (χ2v) is 11.2. The molecule has 1 saturated carbocycles. The van der Waals surface area contributed by atoms with E-state index in [1.807, 2.05) is 0 Å². The monoisotopic (exact) mass is 564 g/mol. The van der Waals surface area contributed by atoms with Gasteiger partial charge in [0.1, 0.15) is 23.3 Å². The van der Waals surface area contributed by atoms with Crippen LogP contribution in [0.1, 0.15) is 82.9 Å². The number of ether oxygens (including phenoxy) is 2. The first-order valence-electron chi connectivity index (χ1n) is 14.8. The molecule has 5 rings (SSSR count). The third-order valence-corrected chi connectivity index (χ3v) is 8.61. The lowest BCUT2D eigenvalue weighted by molar-refractivity contribution is -0.138. The number of nitrogens with two attached hydrogens (primary N) is 1. The van der Waals surface area contributed by atoms with Gasteiger partial charge in [-0.1, -0.05) is 18.5 Å². The number of aliphatic imine (C=N–C) groups is 1. The number of allylic oxidation sites excluding steroid dienone is 1. The summed E-state index contributed by atoms with van der Waals surface area (Å²) >= 11 is 0. The molecule has 0 unspecified atom stereocenters. The van der Waals surface area contributed by atoms with Gasteiger partial charge in [-0.3, -0.25) is 9.69 Å². The van der Waals surface area contributed by atoms with Gasteiger partial charge in [0.25, 0.3) is 0 Å². The normalized spacial score (nSPS) is 24.1. The van der Waals surface area contributed by atoms with E-state index in [0.717, 1.165) is 75.6 Å². The van der Waals surface area contributed by atoms with Gasteiger partial charge in [0, 0.05) is 30.3 Å². The minimum atomic E-state index is -0.614. The highest BCUT2D eigenvalue weighted by atomic mass is 16.5. The number of carbonyl (C=O) groups excluding carboxylic acids is 2. The second-order valence-electron chi connectivity index (χ2n) is 11.2. The average molecular weight is 565 g/mol. The van der Waals surface area contributed by atoms with Crippen LogP contribution in [-0.4, -0.2) is 70.3 Å². The summed E-state index contributed by atoms with van der Waals surface area (Å²) in [5.74, 6) is 1.09. The number of hydrogen-bond donors (Lipinski definition) is 1. The molecule has 0 aromatic carbocycles. The molecular weight excluding hydrogens is 524 g/mol. The standard InChI is InChI=1S/C30H40N6O5/c1-4-22(21-11-9-17-36(21)3)40-25-18-24(32-16-13-20(31)29(38)39-5-2)33-28(34-25)26-19-10-8-15-30(27(19)35-41-26)14-7-6-12-23(30)37/h13,16,18,21-22H,4-12,14-15,17,31H2,1-3H3/b20-13-,32-16+/t21-,22-,30+/m0/s1. The Morgan fingerprint density at radius 1 is 1.24 bits per heavy atom. The van der Waals surface area contributed by atoms with E-state index in [2.05, 4.69) is 34.0 Å². The number of nitrogens with zero attached hydrogens (tertiary/aromatic N) is 5. The minimum Gasteiger partial charge on any atom is -0.473 e. The largest absolute Gasteiger partial charge is 0.473 e. The molecule has 2 aromatic rings. The van der Waals surface area contributed by atoms with E-state index in [1.165, 1.54) is 12.3 Å². The highest BCUT2D eigenvalue weighted by Crippen LogP contribution is 2.47. The molecule has 41 heavy (non-hydrogen) atoms. The van der Waals surface area contributed by atoms with Crippen molar-refractivity contribution in [3.63, 3.8) is 0 Å². The number of fused-ring (bicyclic) bond motifs is 2. The summed E-state index contributed by atoms with van der Waals surface area (Å²) in [6, 6.07) is 1.95. The van der Waals surface area contributed by atoms with Crippen molar-refractivity contribution in [3.8, 4) is 17.5 Å². The maximum atomic E-state index is 13.2. The van der Waals surface area contributed by atoms with Gasteiger partial charge in [-0.25, -0.2) is 14.8 Å². The molecule has 0 amide bonds. The van der Waals surface area contributed by atoms with Crippen LogP contribution in [0.25, 0.3) is 11.6 Å². The Hall–Kier alpha value is -3.60. The molecule has 0 bridgehead atoms. The smallest absolute Gasteiger partial charge is 0.354 e. The maximum absolute atomic E-state index is 13.2. The van der Waals surface area contributed by atoms with Crippen LogP contribution in [0.3, 0.4) is 0 Å². The lowest BCUT2D eigenvalue weighted by atomic mass is 9.64. The minimum absolute atomic E-state index is 0.0618.